The molecule has 0 unspecified atom stereocenters. The number of benzene rings is 3. The average molecular weight is 432 g/mol. The van der Waals surface area contributed by atoms with Gasteiger partial charge in [0.1, 0.15) is 5.44 Å². The summed E-state index contributed by atoms with van der Waals surface area (Å²) in [6.07, 6.45) is 1.84. The Morgan fingerprint density at radius 3 is 1.81 bits per heavy atom. The first-order chi connectivity index (χ1) is 15.2. The topological polar surface area (TPSA) is 58.6 Å². The lowest BCUT2D eigenvalue weighted by molar-refractivity contribution is 0.0590. The number of carbonyl (C=O) groups is 1. The van der Waals surface area contributed by atoms with Crippen molar-refractivity contribution in [3.63, 3.8) is 0 Å². The second-order valence-electron chi connectivity index (χ2n) is 7.26. The van der Waals surface area contributed by atoms with E-state index in [1.54, 1.807) is 12.1 Å². The zero-order valence-corrected chi connectivity index (χ0v) is 18.1. The van der Waals surface area contributed by atoms with Crippen LogP contribution in [0, 0.1) is 0 Å². The van der Waals surface area contributed by atoms with E-state index < -0.39 is 7.14 Å². The summed E-state index contributed by atoms with van der Waals surface area (Å²) in [5.41, 5.74) is 0.920. The third kappa shape index (κ3) is 4.79. The lowest BCUT2D eigenvalue weighted by Crippen LogP contribution is -2.35. The smallest absolute Gasteiger partial charge is 0.255 e. The molecule has 1 N–H and O–H groups in total. The molecule has 0 bridgehead atoms. The molecule has 0 spiro atoms. The summed E-state index contributed by atoms with van der Waals surface area (Å²) in [4.78, 5) is 15.1. The zero-order chi connectivity index (χ0) is 21.5. The van der Waals surface area contributed by atoms with Crippen molar-refractivity contribution in [1.82, 2.24) is 10.2 Å². The second kappa shape index (κ2) is 9.78. The molecule has 3 aromatic rings. The Balaban J connectivity index is 1.83. The minimum Gasteiger partial charge on any atom is -0.378 e. The van der Waals surface area contributed by atoms with Crippen LogP contribution in [0.1, 0.15) is 10.4 Å². The van der Waals surface area contributed by atoms with Gasteiger partial charge in [-0.25, -0.2) is 0 Å². The third-order valence-corrected chi connectivity index (χ3v) is 8.16. The van der Waals surface area contributed by atoms with E-state index >= 15 is 0 Å². The molecular formula is C25H25N2O3P. The van der Waals surface area contributed by atoms with E-state index in [2.05, 4.69) is 10.2 Å². The van der Waals surface area contributed by atoms with Crippen molar-refractivity contribution < 1.29 is 14.1 Å². The molecule has 0 radical (unpaired) electrons. The molecule has 31 heavy (non-hydrogen) atoms. The molecule has 1 aliphatic heterocycles. The van der Waals surface area contributed by atoms with Crippen molar-refractivity contribution in [2.24, 2.45) is 0 Å². The summed E-state index contributed by atoms with van der Waals surface area (Å²) in [7, 11) is -3.33. The highest BCUT2D eigenvalue weighted by Crippen LogP contribution is 2.50. The summed E-state index contributed by atoms with van der Waals surface area (Å²) in [5, 5.41) is 4.34. The molecule has 1 amide bonds. The predicted octanol–water partition coefficient (Wildman–Crippen LogP) is 3.56. The highest BCUT2D eigenvalue weighted by molar-refractivity contribution is 7.82. The zero-order valence-electron chi connectivity index (χ0n) is 17.2. The predicted molar refractivity (Wildman–Crippen MR) is 124 cm³/mol. The molecule has 0 aliphatic carbocycles. The first-order valence-corrected chi connectivity index (χ1v) is 12.0. The Labute approximate surface area is 182 Å². The van der Waals surface area contributed by atoms with Gasteiger partial charge in [0, 0.05) is 35.5 Å². The fourth-order valence-corrected chi connectivity index (χ4v) is 6.18. The standard InChI is InChI=1S/C25H25N2O3P/c28-25(21-10-4-1-5-11-21)26-24(20-27-16-18-30-19-17-27)31(29,22-12-6-2-7-13-22)23-14-8-3-9-15-23/h1-15,20H,16-19H2,(H,26,28). The van der Waals surface area contributed by atoms with Crippen LogP contribution in [0.2, 0.25) is 0 Å². The lowest BCUT2D eigenvalue weighted by atomic mass is 10.2. The van der Waals surface area contributed by atoms with Gasteiger partial charge in [0.25, 0.3) is 5.91 Å². The summed E-state index contributed by atoms with van der Waals surface area (Å²) in [5.74, 6) is -0.285. The molecule has 4 rings (SSSR count). The van der Waals surface area contributed by atoms with Gasteiger partial charge < -0.3 is 19.5 Å². The van der Waals surface area contributed by atoms with Gasteiger partial charge in [0.05, 0.1) is 13.2 Å². The Bertz CT molecular complexity index is 1040. The van der Waals surface area contributed by atoms with E-state index in [4.69, 9.17) is 4.74 Å². The lowest BCUT2D eigenvalue weighted by Gasteiger charge is -2.29. The molecule has 1 heterocycles. The minimum absolute atomic E-state index is 0.285. The van der Waals surface area contributed by atoms with Crippen LogP contribution in [0.25, 0.3) is 0 Å². The minimum atomic E-state index is -3.33. The number of rotatable bonds is 6. The van der Waals surface area contributed by atoms with Gasteiger partial charge in [0.2, 0.25) is 0 Å². The Hall–Kier alpha value is -3.14. The Morgan fingerprint density at radius 1 is 0.806 bits per heavy atom. The van der Waals surface area contributed by atoms with Gasteiger partial charge in [0.15, 0.2) is 7.14 Å². The Kier molecular flexibility index (Phi) is 6.66. The van der Waals surface area contributed by atoms with E-state index in [1.165, 1.54) is 0 Å². The molecule has 0 aromatic heterocycles. The van der Waals surface area contributed by atoms with Crippen LogP contribution in [-0.2, 0) is 9.30 Å². The molecule has 6 heteroatoms. The van der Waals surface area contributed by atoms with Crippen molar-refractivity contribution in [2.45, 2.75) is 0 Å². The van der Waals surface area contributed by atoms with Gasteiger partial charge in [-0.2, -0.15) is 0 Å². The maximum Gasteiger partial charge on any atom is 0.255 e. The normalized spacial score (nSPS) is 14.8. The molecule has 1 saturated heterocycles. The van der Waals surface area contributed by atoms with E-state index in [9.17, 15) is 9.36 Å². The number of hydrogen-bond acceptors (Lipinski definition) is 4. The second-order valence-corrected chi connectivity index (χ2v) is 10.00. The molecular weight excluding hydrogens is 407 g/mol. The van der Waals surface area contributed by atoms with Crippen LogP contribution in [0.5, 0.6) is 0 Å². The van der Waals surface area contributed by atoms with E-state index in [-0.39, 0.29) is 5.91 Å². The van der Waals surface area contributed by atoms with Crippen LogP contribution < -0.4 is 15.9 Å². The first kappa shape index (κ1) is 21.1. The third-order valence-electron chi connectivity index (χ3n) is 5.21. The van der Waals surface area contributed by atoms with Crippen LogP contribution in [0.4, 0.5) is 0 Å². The number of nitrogens with zero attached hydrogens (tertiary/aromatic N) is 1. The number of nitrogens with one attached hydrogen (secondary N) is 1. The van der Waals surface area contributed by atoms with Crippen molar-refractivity contribution in [3.05, 3.63) is 108 Å². The number of carbonyl (C=O) groups excluding carboxylic acids is 1. The summed E-state index contributed by atoms with van der Waals surface area (Å²) in [6, 6.07) is 27.7. The quantitative estimate of drug-likeness (QED) is 0.605. The van der Waals surface area contributed by atoms with Gasteiger partial charge in [-0.05, 0) is 12.1 Å². The number of amides is 1. The highest BCUT2D eigenvalue weighted by atomic mass is 31.2. The fourth-order valence-electron chi connectivity index (χ4n) is 3.55. The molecule has 3 aromatic carbocycles. The number of ether oxygens (including phenoxy) is 1. The van der Waals surface area contributed by atoms with Gasteiger partial charge in [-0.1, -0.05) is 78.9 Å². The van der Waals surface area contributed by atoms with E-state index in [0.29, 0.717) is 47.9 Å². The fraction of sp³-hybridized carbons (Fsp3) is 0.160. The SMILES string of the molecule is O=C(NC(=CN1CCOCC1)P(=O)(c1ccccc1)c1ccccc1)c1ccccc1. The first-order valence-electron chi connectivity index (χ1n) is 10.3. The number of morpholine rings is 1. The van der Waals surface area contributed by atoms with Crippen LogP contribution in [0.15, 0.2) is 103 Å². The summed E-state index contributed by atoms with van der Waals surface area (Å²) >= 11 is 0. The summed E-state index contributed by atoms with van der Waals surface area (Å²) in [6.45, 7) is 2.54. The highest BCUT2D eigenvalue weighted by Gasteiger charge is 2.34. The maximum atomic E-state index is 14.8. The number of hydrogen-bond donors (Lipinski definition) is 1. The Morgan fingerprint density at radius 2 is 1.29 bits per heavy atom. The van der Waals surface area contributed by atoms with Crippen molar-refractivity contribution >= 4 is 23.7 Å². The van der Waals surface area contributed by atoms with Gasteiger partial charge in [-0.15, -0.1) is 0 Å². The molecule has 1 fully saturated rings. The average Bonchev–Trinajstić information content (AvgIpc) is 2.85. The van der Waals surface area contributed by atoms with Gasteiger partial charge in [-0.3, -0.25) is 4.79 Å². The molecule has 1 aliphatic rings. The van der Waals surface area contributed by atoms with E-state index in [0.717, 1.165) is 0 Å². The largest absolute Gasteiger partial charge is 0.378 e. The van der Waals surface area contributed by atoms with Crippen LogP contribution >= 0.6 is 7.14 Å². The van der Waals surface area contributed by atoms with Gasteiger partial charge >= 0.3 is 0 Å². The van der Waals surface area contributed by atoms with Crippen molar-refractivity contribution in [2.75, 3.05) is 26.3 Å². The van der Waals surface area contributed by atoms with Crippen molar-refractivity contribution in [3.8, 4) is 0 Å². The monoisotopic (exact) mass is 432 g/mol. The van der Waals surface area contributed by atoms with Crippen molar-refractivity contribution in [1.29, 1.82) is 0 Å². The molecule has 158 valence electrons. The van der Waals surface area contributed by atoms with E-state index in [1.807, 2.05) is 85.1 Å². The molecule has 0 saturated carbocycles. The molecule has 5 nitrogen and oxygen atoms in total. The molecule has 0 atom stereocenters. The van der Waals surface area contributed by atoms with Crippen LogP contribution in [0.3, 0.4) is 0 Å². The maximum absolute atomic E-state index is 14.8. The summed E-state index contributed by atoms with van der Waals surface area (Å²) < 4.78 is 20.3. The van der Waals surface area contributed by atoms with Crippen LogP contribution in [-0.4, -0.2) is 37.1 Å².